The van der Waals surface area contributed by atoms with E-state index in [1.165, 1.54) is 12.8 Å². The Morgan fingerprint density at radius 2 is 2.06 bits per heavy atom. The van der Waals surface area contributed by atoms with Crippen molar-refractivity contribution in [3.8, 4) is 0 Å². The molecule has 16 heavy (non-hydrogen) atoms. The minimum Gasteiger partial charge on any atom is -0.295 e. The van der Waals surface area contributed by atoms with Crippen LogP contribution < -0.4 is 0 Å². The van der Waals surface area contributed by atoms with Gasteiger partial charge in [0, 0.05) is 0 Å². The molecule has 0 radical (unpaired) electrons. The minimum atomic E-state index is 0.285. The first-order valence-corrected chi connectivity index (χ1v) is 6.65. The van der Waals surface area contributed by atoms with Crippen LogP contribution in [0, 0.1) is 23.2 Å². The maximum atomic E-state index is 11.5. The van der Waals surface area contributed by atoms with Gasteiger partial charge in [-0.3, -0.25) is 4.79 Å². The van der Waals surface area contributed by atoms with Crippen molar-refractivity contribution < 1.29 is 4.79 Å². The van der Waals surface area contributed by atoms with Crippen molar-refractivity contribution in [3.05, 3.63) is 11.6 Å². The molecule has 1 fully saturated rings. The van der Waals surface area contributed by atoms with Gasteiger partial charge in [-0.2, -0.15) is 0 Å². The summed E-state index contributed by atoms with van der Waals surface area (Å²) < 4.78 is 0. The van der Waals surface area contributed by atoms with E-state index in [0.29, 0.717) is 5.41 Å². The van der Waals surface area contributed by atoms with E-state index in [2.05, 4.69) is 26.8 Å². The Kier molecular flexibility index (Phi) is 2.98. The lowest BCUT2D eigenvalue weighted by Crippen LogP contribution is -2.43. The van der Waals surface area contributed by atoms with Crippen molar-refractivity contribution in [1.29, 1.82) is 0 Å². The van der Waals surface area contributed by atoms with Crippen molar-refractivity contribution in [2.75, 3.05) is 0 Å². The van der Waals surface area contributed by atoms with Crippen LogP contribution in [0.15, 0.2) is 11.6 Å². The average Bonchev–Trinajstić information content (AvgIpc) is 2.24. The molecule has 0 aromatic heterocycles. The van der Waals surface area contributed by atoms with Gasteiger partial charge in [0.15, 0.2) is 5.78 Å². The van der Waals surface area contributed by atoms with Crippen LogP contribution in [-0.4, -0.2) is 5.78 Å². The standard InChI is InChI=1S/C15H24O/c1-10-5-6-11(2)15(4)8-7-13(12(3)16)9-14(10)15/h7,10-11,14H,5-6,8-9H2,1-4H3/t10-,11?,14?,15+/m1/s1. The molecule has 2 rings (SSSR count). The molecule has 0 N–H and O–H groups in total. The van der Waals surface area contributed by atoms with Crippen LogP contribution in [0.2, 0.25) is 0 Å². The monoisotopic (exact) mass is 220 g/mol. The summed E-state index contributed by atoms with van der Waals surface area (Å²) in [6.07, 6.45) is 7.05. The summed E-state index contributed by atoms with van der Waals surface area (Å²) in [6, 6.07) is 0. The molecule has 0 aromatic carbocycles. The van der Waals surface area contributed by atoms with Crippen LogP contribution in [0.1, 0.15) is 53.4 Å². The van der Waals surface area contributed by atoms with Crippen molar-refractivity contribution in [3.63, 3.8) is 0 Å². The first kappa shape index (κ1) is 11.9. The van der Waals surface area contributed by atoms with Crippen LogP contribution in [0.5, 0.6) is 0 Å². The molecule has 0 amide bonds. The lowest BCUT2D eigenvalue weighted by Gasteiger charge is -2.51. The Morgan fingerprint density at radius 3 is 2.69 bits per heavy atom. The van der Waals surface area contributed by atoms with E-state index in [0.717, 1.165) is 36.2 Å². The Labute approximate surface area is 99.3 Å². The van der Waals surface area contributed by atoms with Crippen LogP contribution in [0.3, 0.4) is 0 Å². The molecule has 0 bridgehead atoms. The zero-order chi connectivity index (χ0) is 11.9. The molecule has 2 aliphatic carbocycles. The van der Waals surface area contributed by atoms with E-state index >= 15 is 0 Å². The molecule has 1 saturated carbocycles. The summed E-state index contributed by atoms with van der Waals surface area (Å²) in [4.78, 5) is 11.5. The Morgan fingerprint density at radius 1 is 1.38 bits per heavy atom. The fourth-order valence-electron chi connectivity index (χ4n) is 3.80. The number of hydrogen-bond donors (Lipinski definition) is 0. The van der Waals surface area contributed by atoms with Crippen molar-refractivity contribution >= 4 is 5.78 Å². The van der Waals surface area contributed by atoms with E-state index in [1.807, 2.05) is 0 Å². The number of carbonyl (C=O) groups excluding carboxylic acids is 1. The average molecular weight is 220 g/mol. The molecule has 0 spiro atoms. The summed E-state index contributed by atoms with van der Waals surface area (Å²) >= 11 is 0. The molecule has 2 unspecified atom stereocenters. The Bertz CT molecular complexity index is 328. The number of rotatable bonds is 1. The summed E-state index contributed by atoms with van der Waals surface area (Å²) in [7, 11) is 0. The van der Waals surface area contributed by atoms with Gasteiger partial charge in [0.25, 0.3) is 0 Å². The highest BCUT2D eigenvalue weighted by molar-refractivity contribution is 5.93. The zero-order valence-electron chi connectivity index (χ0n) is 11.0. The SMILES string of the molecule is CC(=O)C1=CC[C@@]2(C)C(C)CC[C@@H](C)C2C1. The van der Waals surface area contributed by atoms with Gasteiger partial charge in [-0.05, 0) is 54.9 Å². The zero-order valence-corrected chi connectivity index (χ0v) is 11.0. The molecule has 4 atom stereocenters. The highest BCUT2D eigenvalue weighted by atomic mass is 16.1. The first-order chi connectivity index (χ1) is 7.45. The molecular weight excluding hydrogens is 196 g/mol. The van der Waals surface area contributed by atoms with Crippen molar-refractivity contribution in [2.24, 2.45) is 23.2 Å². The summed E-state index contributed by atoms with van der Waals surface area (Å²) in [5, 5.41) is 0. The largest absolute Gasteiger partial charge is 0.295 e. The predicted molar refractivity (Wildman–Crippen MR) is 67.2 cm³/mol. The van der Waals surface area contributed by atoms with Crippen molar-refractivity contribution in [2.45, 2.75) is 53.4 Å². The first-order valence-electron chi connectivity index (χ1n) is 6.65. The molecule has 90 valence electrons. The number of fused-ring (bicyclic) bond motifs is 1. The lowest BCUT2D eigenvalue weighted by atomic mass is 9.53. The van der Waals surface area contributed by atoms with Gasteiger partial charge < -0.3 is 0 Å². The maximum absolute atomic E-state index is 11.5. The van der Waals surface area contributed by atoms with E-state index in [1.54, 1.807) is 6.92 Å². The molecule has 1 nitrogen and oxygen atoms in total. The molecule has 2 aliphatic rings. The number of allylic oxidation sites excluding steroid dienone is 2. The molecule has 0 aliphatic heterocycles. The normalized spacial score (nSPS) is 43.5. The number of hydrogen-bond acceptors (Lipinski definition) is 1. The number of Topliss-reactive ketones (excluding diaryl/α,β-unsaturated/α-hetero) is 1. The molecule has 0 heterocycles. The fourth-order valence-corrected chi connectivity index (χ4v) is 3.80. The highest BCUT2D eigenvalue weighted by Crippen LogP contribution is 2.54. The van der Waals surface area contributed by atoms with Crippen molar-refractivity contribution in [1.82, 2.24) is 0 Å². The summed E-state index contributed by atoms with van der Waals surface area (Å²) in [5.41, 5.74) is 1.53. The quantitative estimate of drug-likeness (QED) is 0.653. The van der Waals surface area contributed by atoms with Crippen LogP contribution in [0.4, 0.5) is 0 Å². The third-order valence-electron chi connectivity index (χ3n) is 5.40. The lowest BCUT2D eigenvalue weighted by molar-refractivity contribution is -0.114. The molecule has 1 heteroatoms. The number of ketones is 1. The molecule has 0 aromatic rings. The summed E-state index contributed by atoms with van der Waals surface area (Å²) in [6.45, 7) is 8.92. The Hall–Kier alpha value is -0.590. The summed E-state index contributed by atoms with van der Waals surface area (Å²) in [5.74, 6) is 2.59. The maximum Gasteiger partial charge on any atom is 0.155 e. The topological polar surface area (TPSA) is 17.1 Å². The van der Waals surface area contributed by atoms with E-state index in [9.17, 15) is 4.79 Å². The second-order valence-electron chi connectivity index (χ2n) is 6.26. The van der Waals surface area contributed by atoms with Gasteiger partial charge in [-0.25, -0.2) is 0 Å². The van der Waals surface area contributed by atoms with Gasteiger partial charge in [0.05, 0.1) is 0 Å². The second-order valence-corrected chi connectivity index (χ2v) is 6.26. The highest BCUT2D eigenvalue weighted by Gasteiger charge is 2.46. The van der Waals surface area contributed by atoms with Gasteiger partial charge in [0.1, 0.15) is 0 Å². The van der Waals surface area contributed by atoms with Gasteiger partial charge in [-0.1, -0.05) is 33.3 Å². The smallest absolute Gasteiger partial charge is 0.155 e. The predicted octanol–water partition coefficient (Wildman–Crippen LogP) is 3.98. The van der Waals surface area contributed by atoms with Crippen LogP contribution in [0.25, 0.3) is 0 Å². The third-order valence-corrected chi connectivity index (χ3v) is 5.40. The Balaban J connectivity index is 2.29. The van der Waals surface area contributed by atoms with Gasteiger partial charge in [-0.15, -0.1) is 0 Å². The molecule has 0 saturated heterocycles. The minimum absolute atomic E-state index is 0.285. The third kappa shape index (κ3) is 1.74. The van der Waals surface area contributed by atoms with Crippen LogP contribution in [-0.2, 0) is 4.79 Å². The number of carbonyl (C=O) groups is 1. The second kappa shape index (κ2) is 4.01. The van der Waals surface area contributed by atoms with Crippen LogP contribution >= 0.6 is 0 Å². The fraction of sp³-hybridized carbons (Fsp3) is 0.800. The van der Waals surface area contributed by atoms with E-state index in [4.69, 9.17) is 0 Å². The van der Waals surface area contributed by atoms with E-state index in [-0.39, 0.29) is 5.78 Å². The van der Waals surface area contributed by atoms with Gasteiger partial charge in [0.2, 0.25) is 0 Å². The molecular formula is C15H24O. The van der Waals surface area contributed by atoms with E-state index < -0.39 is 0 Å². The van der Waals surface area contributed by atoms with Gasteiger partial charge >= 0.3 is 0 Å².